The van der Waals surface area contributed by atoms with Gasteiger partial charge in [0, 0.05) is 6.04 Å². The Morgan fingerprint density at radius 1 is 1.33 bits per heavy atom. The van der Waals surface area contributed by atoms with Crippen molar-refractivity contribution in [1.82, 2.24) is 4.72 Å². The van der Waals surface area contributed by atoms with Gasteiger partial charge >= 0.3 is 0 Å². The van der Waals surface area contributed by atoms with E-state index in [9.17, 15) is 8.42 Å². The maximum Gasteiger partial charge on any atom is 0.240 e. The summed E-state index contributed by atoms with van der Waals surface area (Å²) in [5.74, 6) is 1.36. The van der Waals surface area contributed by atoms with Gasteiger partial charge in [0.1, 0.15) is 0 Å². The van der Waals surface area contributed by atoms with Gasteiger partial charge in [-0.05, 0) is 49.9 Å². The predicted octanol–water partition coefficient (Wildman–Crippen LogP) is 2.41. The zero-order valence-corrected chi connectivity index (χ0v) is 13.7. The molecule has 0 aromatic heterocycles. The first-order valence-corrected chi connectivity index (χ1v) is 8.97. The first-order chi connectivity index (χ1) is 9.89. The molecule has 4 N–H and O–H groups in total. The minimum Gasteiger partial charge on any atom is -0.397 e. The van der Waals surface area contributed by atoms with Crippen LogP contribution in [-0.2, 0) is 10.0 Å². The molecular formula is C15H25N3O2S. The van der Waals surface area contributed by atoms with Crippen molar-refractivity contribution in [2.75, 3.05) is 18.1 Å². The van der Waals surface area contributed by atoms with Gasteiger partial charge in [0.25, 0.3) is 0 Å². The van der Waals surface area contributed by atoms with Crippen molar-refractivity contribution in [3.8, 4) is 0 Å². The first-order valence-electron chi connectivity index (χ1n) is 7.48. The van der Waals surface area contributed by atoms with Gasteiger partial charge < -0.3 is 11.1 Å². The number of rotatable bonds is 5. The number of nitrogen functional groups attached to an aromatic ring is 1. The molecule has 0 saturated heterocycles. The summed E-state index contributed by atoms with van der Waals surface area (Å²) in [7, 11) is -2.05. The number of hydrogen-bond donors (Lipinski definition) is 3. The van der Waals surface area contributed by atoms with Crippen LogP contribution >= 0.6 is 0 Å². The van der Waals surface area contributed by atoms with E-state index in [-0.39, 0.29) is 4.90 Å². The molecule has 1 aromatic rings. The Balaban J connectivity index is 2.16. The standard InChI is InChI=1S/C15H25N3O2S/c1-4-11-5-7-14(10(11)2)18-15-8-6-12(9-13(15)16)21(19,20)17-3/h6,8-11,14,17-18H,4-5,7,16H2,1-3H3. The molecule has 5 nitrogen and oxygen atoms in total. The molecule has 0 bridgehead atoms. The van der Waals surface area contributed by atoms with Crippen LogP contribution in [-0.4, -0.2) is 21.5 Å². The molecule has 0 heterocycles. The second-order valence-corrected chi connectivity index (χ2v) is 7.70. The molecule has 6 heteroatoms. The maximum atomic E-state index is 11.8. The van der Waals surface area contributed by atoms with Crippen molar-refractivity contribution in [2.45, 2.75) is 44.0 Å². The van der Waals surface area contributed by atoms with E-state index in [0.29, 0.717) is 17.6 Å². The summed E-state index contributed by atoms with van der Waals surface area (Å²) in [6, 6.07) is 5.25. The molecule has 1 aliphatic rings. The average Bonchev–Trinajstić information content (AvgIpc) is 2.81. The summed E-state index contributed by atoms with van der Waals surface area (Å²) in [5, 5.41) is 3.48. The van der Waals surface area contributed by atoms with E-state index in [4.69, 9.17) is 5.73 Å². The lowest BCUT2D eigenvalue weighted by atomic mass is 9.93. The highest BCUT2D eigenvalue weighted by Gasteiger charge is 2.31. The Morgan fingerprint density at radius 2 is 2.05 bits per heavy atom. The van der Waals surface area contributed by atoms with Gasteiger partial charge in [-0.1, -0.05) is 20.3 Å². The summed E-state index contributed by atoms with van der Waals surface area (Å²) in [4.78, 5) is 0.193. The topological polar surface area (TPSA) is 84.2 Å². The van der Waals surface area contributed by atoms with E-state index in [0.717, 1.165) is 18.0 Å². The van der Waals surface area contributed by atoms with Crippen LogP contribution in [0, 0.1) is 11.8 Å². The van der Waals surface area contributed by atoms with Gasteiger partial charge in [0.05, 0.1) is 16.3 Å². The number of nitrogens with one attached hydrogen (secondary N) is 2. The zero-order chi connectivity index (χ0) is 15.6. The van der Waals surface area contributed by atoms with Crippen molar-refractivity contribution in [3.05, 3.63) is 18.2 Å². The molecule has 118 valence electrons. The minimum absolute atomic E-state index is 0.193. The van der Waals surface area contributed by atoms with Gasteiger partial charge in [-0.3, -0.25) is 0 Å². The van der Waals surface area contributed by atoms with E-state index in [1.54, 1.807) is 12.1 Å². The summed E-state index contributed by atoms with van der Waals surface area (Å²) in [5.41, 5.74) is 7.30. The van der Waals surface area contributed by atoms with Crippen LogP contribution in [0.15, 0.2) is 23.1 Å². The van der Waals surface area contributed by atoms with Crippen LogP contribution in [0.1, 0.15) is 33.1 Å². The SMILES string of the molecule is CCC1CCC(Nc2ccc(S(=O)(=O)NC)cc2N)C1C. The second-order valence-electron chi connectivity index (χ2n) is 5.81. The van der Waals surface area contributed by atoms with Gasteiger partial charge in [-0.2, -0.15) is 0 Å². The highest BCUT2D eigenvalue weighted by Crippen LogP contribution is 2.36. The highest BCUT2D eigenvalue weighted by molar-refractivity contribution is 7.89. The molecule has 0 spiro atoms. The van der Waals surface area contributed by atoms with E-state index in [1.165, 1.54) is 26.0 Å². The average molecular weight is 311 g/mol. The smallest absolute Gasteiger partial charge is 0.240 e. The van der Waals surface area contributed by atoms with Crippen molar-refractivity contribution in [3.63, 3.8) is 0 Å². The quantitative estimate of drug-likeness (QED) is 0.729. The molecule has 1 saturated carbocycles. The Hall–Kier alpha value is -1.27. The summed E-state index contributed by atoms with van der Waals surface area (Å²) >= 11 is 0. The van der Waals surface area contributed by atoms with Gasteiger partial charge in [0.2, 0.25) is 10.0 Å². The van der Waals surface area contributed by atoms with Gasteiger partial charge in [-0.15, -0.1) is 0 Å². The molecule has 0 aliphatic heterocycles. The highest BCUT2D eigenvalue weighted by atomic mass is 32.2. The normalized spacial score (nSPS) is 26.0. The molecule has 1 fully saturated rings. The van der Waals surface area contributed by atoms with Crippen molar-refractivity contribution < 1.29 is 8.42 Å². The predicted molar refractivity (Wildman–Crippen MR) is 86.7 cm³/mol. The number of sulfonamides is 1. The fraction of sp³-hybridized carbons (Fsp3) is 0.600. The van der Waals surface area contributed by atoms with Crippen LogP contribution in [0.2, 0.25) is 0 Å². The molecule has 1 aliphatic carbocycles. The molecule has 0 radical (unpaired) electrons. The van der Waals surface area contributed by atoms with Crippen molar-refractivity contribution in [2.24, 2.45) is 11.8 Å². The minimum atomic E-state index is -3.45. The third-order valence-electron chi connectivity index (χ3n) is 4.69. The van der Waals surface area contributed by atoms with E-state index < -0.39 is 10.0 Å². The maximum absolute atomic E-state index is 11.8. The van der Waals surface area contributed by atoms with Crippen molar-refractivity contribution >= 4 is 21.4 Å². The molecule has 3 unspecified atom stereocenters. The fourth-order valence-electron chi connectivity index (χ4n) is 3.18. The Bertz CT molecular complexity index is 601. The van der Waals surface area contributed by atoms with Crippen molar-refractivity contribution in [1.29, 1.82) is 0 Å². The lowest BCUT2D eigenvalue weighted by Crippen LogP contribution is -2.25. The van der Waals surface area contributed by atoms with E-state index >= 15 is 0 Å². The third-order valence-corrected chi connectivity index (χ3v) is 6.11. The molecule has 1 aromatic carbocycles. The zero-order valence-electron chi connectivity index (χ0n) is 12.9. The van der Waals surface area contributed by atoms with Crippen LogP contribution in [0.25, 0.3) is 0 Å². The fourth-order valence-corrected chi connectivity index (χ4v) is 3.95. The number of hydrogen-bond acceptors (Lipinski definition) is 4. The number of nitrogens with two attached hydrogens (primary N) is 1. The number of anilines is 2. The molecule has 3 atom stereocenters. The molecule has 21 heavy (non-hydrogen) atoms. The summed E-state index contributed by atoms with van der Waals surface area (Å²) in [6.45, 7) is 4.50. The van der Waals surface area contributed by atoms with Gasteiger partial charge in [-0.25, -0.2) is 13.1 Å². The Labute approximate surface area is 127 Å². The third kappa shape index (κ3) is 3.32. The number of benzene rings is 1. The molecule has 2 rings (SSSR count). The molecule has 0 amide bonds. The van der Waals surface area contributed by atoms with Crippen LogP contribution in [0.4, 0.5) is 11.4 Å². The van der Waals surface area contributed by atoms with Crippen LogP contribution < -0.4 is 15.8 Å². The van der Waals surface area contributed by atoms with E-state index in [1.807, 2.05) is 0 Å². The lowest BCUT2D eigenvalue weighted by Gasteiger charge is -2.23. The van der Waals surface area contributed by atoms with E-state index in [2.05, 4.69) is 23.9 Å². The van der Waals surface area contributed by atoms with Crippen LogP contribution in [0.3, 0.4) is 0 Å². The second kappa shape index (κ2) is 6.23. The Kier molecular flexibility index (Phi) is 4.78. The first kappa shape index (κ1) is 16.1. The summed E-state index contributed by atoms with van der Waals surface area (Å²) < 4.78 is 25.8. The summed E-state index contributed by atoms with van der Waals surface area (Å²) in [6.07, 6.45) is 3.57. The van der Waals surface area contributed by atoms with Gasteiger partial charge in [0.15, 0.2) is 0 Å². The monoisotopic (exact) mass is 311 g/mol. The molecular weight excluding hydrogens is 286 g/mol. The largest absolute Gasteiger partial charge is 0.397 e. The Morgan fingerprint density at radius 3 is 2.57 bits per heavy atom. The lowest BCUT2D eigenvalue weighted by molar-refractivity contribution is 0.392. The van der Waals surface area contributed by atoms with Crippen LogP contribution in [0.5, 0.6) is 0 Å².